The summed E-state index contributed by atoms with van der Waals surface area (Å²) < 4.78 is 5.91. The molecule has 1 atom stereocenters. The summed E-state index contributed by atoms with van der Waals surface area (Å²) in [5, 5.41) is 11.3. The Hall–Kier alpha value is -1.79. The van der Waals surface area contributed by atoms with Crippen LogP contribution in [0.15, 0.2) is 42.5 Å². The Balaban J connectivity index is 0.00000256. The van der Waals surface area contributed by atoms with Crippen LogP contribution < -0.4 is 9.64 Å². The summed E-state index contributed by atoms with van der Waals surface area (Å²) >= 11 is 6.30. The number of carbonyl (C=O) groups excluding carboxylic acids is 1. The van der Waals surface area contributed by atoms with Crippen LogP contribution in [0, 0.1) is 0 Å². The third-order valence-electron chi connectivity index (χ3n) is 5.73. The first kappa shape index (κ1) is 22.9. The first-order valence-electron chi connectivity index (χ1n) is 10.3. The second-order valence-corrected chi connectivity index (χ2v) is 8.17. The maximum atomic E-state index is 12.1. The van der Waals surface area contributed by atoms with Crippen LogP contribution in [0.1, 0.15) is 28.8 Å². The molecule has 1 N–H and O–H groups in total. The summed E-state index contributed by atoms with van der Waals surface area (Å²) in [6.45, 7) is 4.31. The lowest BCUT2D eigenvalue weighted by Crippen LogP contribution is -2.49. The van der Waals surface area contributed by atoms with Gasteiger partial charge in [-0.3, -0.25) is 9.69 Å². The molecule has 1 fully saturated rings. The fourth-order valence-corrected chi connectivity index (χ4v) is 4.45. The second-order valence-electron chi connectivity index (χ2n) is 7.76. The second kappa shape index (κ2) is 10.5. The average molecular weight is 451 g/mol. The highest BCUT2D eigenvalue weighted by Crippen LogP contribution is 2.30. The fraction of sp³-hybridized carbons (Fsp3) is 0.435. The van der Waals surface area contributed by atoms with Crippen molar-refractivity contribution in [2.24, 2.45) is 0 Å². The number of hydrogen-bond acceptors (Lipinski definition) is 5. The molecule has 4 rings (SSSR count). The number of anilines is 1. The molecule has 1 heterocycles. The zero-order valence-corrected chi connectivity index (χ0v) is 18.5. The summed E-state index contributed by atoms with van der Waals surface area (Å²) in [7, 11) is 0. The number of nitrogens with zero attached hydrogens (tertiary/aromatic N) is 2. The SMILES string of the molecule is Cl.O=C1CCCc2c(OCC(O)CN3CCN(c4ccccc4Cl)CC3)cccc21. The van der Waals surface area contributed by atoms with Gasteiger partial charge in [-0.15, -0.1) is 12.4 Å². The van der Waals surface area contributed by atoms with Crippen LogP contribution in [0.3, 0.4) is 0 Å². The number of ketones is 1. The summed E-state index contributed by atoms with van der Waals surface area (Å²) in [6, 6.07) is 13.5. The Bertz CT molecular complexity index is 869. The monoisotopic (exact) mass is 450 g/mol. The highest BCUT2D eigenvalue weighted by Gasteiger charge is 2.23. The van der Waals surface area contributed by atoms with E-state index >= 15 is 0 Å². The van der Waals surface area contributed by atoms with Crippen molar-refractivity contribution in [2.45, 2.75) is 25.4 Å². The standard InChI is InChI=1S/C23H27ClN2O3.ClH/c24-20-7-1-2-8-21(20)26-13-11-25(12-14-26)15-17(27)16-29-23-10-4-5-18-19(23)6-3-9-22(18)28;/h1-2,4-5,7-8,10,17,27H,3,6,9,11-16H2;1H. The zero-order chi connectivity index (χ0) is 20.2. The number of Topliss-reactive ketones (excluding diaryl/α,β-unsaturated/α-hetero) is 1. The van der Waals surface area contributed by atoms with Crippen LogP contribution in [0.2, 0.25) is 5.02 Å². The van der Waals surface area contributed by atoms with Crippen molar-refractivity contribution in [2.75, 3.05) is 44.2 Å². The normalized spacial score (nSPS) is 17.8. The molecular formula is C23H28Cl2N2O3. The summed E-state index contributed by atoms with van der Waals surface area (Å²) in [5.41, 5.74) is 2.84. The number of β-amino-alcohol motifs (C(OH)–C–C–N with tert-alkyl or cyclic N) is 1. The molecule has 30 heavy (non-hydrogen) atoms. The van der Waals surface area contributed by atoms with Crippen LogP contribution in [-0.4, -0.2) is 61.2 Å². The number of para-hydroxylation sites is 1. The molecule has 1 unspecified atom stereocenters. The minimum atomic E-state index is -0.572. The number of carbonyl (C=O) groups is 1. The molecule has 0 radical (unpaired) electrons. The van der Waals surface area contributed by atoms with Crippen molar-refractivity contribution in [1.82, 2.24) is 4.90 Å². The van der Waals surface area contributed by atoms with Gasteiger partial charge in [-0.05, 0) is 31.0 Å². The van der Waals surface area contributed by atoms with Gasteiger partial charge in [0.15, 0.2) is 5.78 Å². The van der Waals surface area contributed by atoms with E-state index in [1.165, 1.54) is 0 Å². The van der Waals surface area contributed by atoms with Gasteiger partial charge in [-0.25, -0.2) is 0 Å². The Morgan fingerprint density at radius 2 is 1.80 bits per heavy atom. The average Bonchev–Trinajstić information content (AvgIpc) is 2.74. The Morgan fingerprint density at radius 3 is 2.57 bits per heavy atom. The quantitative estimate of drug-likeness (QED) is 0.724. The predicted molar refractivity (Wildman–Crippen MR) is 123 cm³/mol. The van der Waals surface area contributed by atoms with Gasteiger partial charge >= 0.3 is 0 Å². The van der Waals surface area contributed by atoms with E-state index in [0.29, 0.717) is 13.0 Å². The van der Waals surface area contributed by atoms with Gasteiger partial charge < -0.3 is 14.7 Å². The van der Waals surface area contributed by atoms with Crippen molar-refractivity contribution in [3.63, 3.8) is 0 Å². The maximum absolute atomic E-state index is 12.1. The van der Waals surface area contributed by atoms with Gasteiger partial charge in [0.1, 0.15) is 18.5 Å². The summed E-state index contributed by atoms with van der Waals surface area (Å²) in [5.74, 6) is 0.923. The minimum absolute atomic E-state index is 0. The Kier molecular flexibility index (Phi) is 8.00. The van der Waals surface area contributed by atoms with Crippen LogP contribution in [-0.2, 0) is 6.42 Å². The van der Waals surface area contributed by atoms with E-state index in [0.717, 1.165) is 66.6 Å². The minimum Gasteiger partial charge on any atom is -0.491 e. The number of aliphatic hydroxyl groups is 1. The maximum Gasteiger partial charge on any atom is 0.163 e. The Labute approximate surface area is 189 Å². The van der Waals surface area contributed by atoms with E-state index in [4.69, 9.17) is 16.3 Å². The fourth-order valence-electron chi connectivity index (χ4n) is 4.20. The van der Waals surface area contributed by atoms with E-state index < -0.39 is 6.10 Å². The predicted octanol–water partition coefficient (Wildman–Crippen LogP) is 3.84. The van der Waals surface area contributed by atoms with E-state index in [9.17, 15) is 9.90 Å². The van der Waals surface area contributed by atoms with Crippen LogP contribution >= 0.6 is 24.0 Å². The molecule has 0 spiro atoms. The van der Waals surface area contributed by atoms with Crippen molar-refractivity contribution in [3.05, 3.63) is 58.6 Å². The van der Waals surface area contributed by atoms with Gasteiger partial charge in [-0.2, -0.15) is 0 Å². The van der Waals surface area contributed by atoms with Crippen molar-refractivity contribution in [3.8, 4) is 5.75 Å². The number of ether oxygens (including phenoxy) is 1. The lowest BCUT2D eigenvalue weighted by atomic mass is 9.90. The van der Waals surface area contributed by atoms with Crippen molar-refractivity contribution in [1.29, 1.82) is 0 Å². The van der Waals surface area contributed by atoms with Crippen molar-refractivity contribution < 1.29 is 14.6 Å². The molecule has 2 aromatic rings. The molecule has 1 saturated heterocycles. The molecule has 1 aliphatic heterocycles. The molecule has 7 heteroatoms. The lowest BCUT2D eigenvalue weighted by molar-refractivity contribution is 0.0658. The number of rotatable bonds is 6. The molecule has 162 valence electrons. The topological polar surface area (TPSA) is 53.0 Å². The van der Waals surface area contributed by atoms with Gasteiger partial charge in [-0.1, -0.05) is 35.9 Å². The third kappa shape index (κ3) is 5.27. The van der Waals surface area contributed by atoms with E-state index in [-0.39, 0.29) is 24.8 Å². The first-order valence-corrected chi connectivity index (χ1v) is 10.7. The summed E-state index contributed by atoms with van der Waals surface area (Å²) in [4.78, 5) is 16.6. The highest BCUT2D eigenvalue weighted by atomic mass is 35.5. The van der Waals surface area contributed by atoms with Gasteiger partial charge in [0, 0.05) is 50.3 Å². The number of aliphatic hydroxyl groups excluding tert-OH is 1. The molecule has 0 saturated carbocycles. The molecule has 0 bridgehead atoms. The molecule has 1 aliphatic carbocycles. The molecule has 0 aromatic heterocycles. The molecule has 5 nitrogen and oxygen atoms in total. The van der Waals surface area contributed by atoms with Crippen LogP contribution in [0.4, 0.5) is 5.69 Å². The van der Waals surface area contributed by atoms with Crippen LogP contribution in [0.5, 0.6) is 5.75 Å². The summed E-state index contributed by atoms with van der Waals surface area (Å²) in [6.07, 6.45) is 1.76. The molecule has 2 aromatic carbocycles. The number of fused-ring (bicyclic) bond motifs is 1. The van der Waals surface area contributed by atoms with Gasteiger partial charge in [0.05, 0.1) is 10.7 Å². The zero-order valence-electron chi connectivity index (χ0n) is 16.9. The smallest absolute Gasteiger partial charge is 0.163 e. The number of halogens is 2. The van der Waals surface area contributed by atoms with E-state index in [1.54, 1.807) is 0 Å². The Morgan fingerprint density at radius 1 is 1.03 bits per heavy atom. The molecular weight excluding hydrogens is 423 g/mol. The number of piperazine rings is 1. The van der Waals surface area contributed by atoms with E-state index in [2.05, 4.69) is 9.80 Å². The first-order chi connectivity index (χ1) is 14.1. The van der Waals surface area contributed by atoms with Crippen LogP contribution in [0.25, 0.3) is 0 Å². The number of benzene rings is 2. The van der Waals surface area contributed by atoms with E-state index in [1.807, 2.05) is 42.5 Å². The molecule has 2 aliphatic rings. The lowest BCUT2D eigenvalue weighted by Gasteiger charge is -2.37. The number of hydrogen-bond donors (Lipinski definition) is 1. The van der Waals surface area contributed by atoms with Gasteiger partial charge in [0.25, 0.3) is 0 Å². The van der Waals surface area contributed by atoms with Crippen molar-refractivity contribution >= 4 is 35.5 Å². The largest absolute Gasteiger partial charge is 0.491 e. The highest BCUT2D eigenvalue weighted by molar-refractivity contribution is 6.33. The third-order valence-corrected chi connectivity index (χ3v) is 6.05. The van der Waals surface area contributed by atoms with Gasteiger partial charge in [0.2, 0.25) is 0 Å². The molecule has 0 amide bonds.